The molecule has 1 amide bonds. The van der Waals surface area contributed by atoms with E-state index >= 15 is 0 Å². The molecule has 1 aliphatic heterocycles. The van der Waals surface area contributed by atoms with Gasteiger partial charge in [-0.2, -0.15) is 4.80 Å². The van der Waals surface area contributed by atoms with Crippen LogP contribution in [0.3, 0.4) is 0 Å². The summed E-state index contributed by atoms with van der Waals surface area (Å²) >= 11 is 3.39. The zero-order valence-corrected chi connectivity index (χ0v) is 12.4. The van der Waals surface area contributed by atoms with E-state index in [9.17, 15) is 4.79 Å². The third-order valence-corrected chi connectivity index (χ3v) is 3.84. The molecule has 2 aromatic rings. The average Bonchev–Trinajstić information content (AvgIpc) is 2.83. The number of carbonyl (C=O) groups is 1. The molecule has 0 spiro atoms. The van der Waals surface area contributed by atoms with Crippen molar-refractivity contribution in [3.8, 4) is 11.4 Å². The minimum absolute atomic E-state index is 0.0257. The van der Waals surface area contributed by atoms with Gasteiger partial charge in [-0.15, -0.1) is 10.2 Å². The van der Waals surface area contributed by atoms with E-state index in [0.717, 1.165) is 35.8 Å². The van der Waals surface area contributed by atoms with Gasteiger partial charge in [0, 0.05) is 16.6 Å². The fraction of sp³-hybridized carbons (Fsp3) is 0.385. The van der Waals surface area contributed by atoms with Crippen molar-refractivity contribution in [3.63, 3.8) is 0 Å². The van der Waals surface area contributed by atoms with Crippen LogP contribution in [0, 0.1) is 0 Å². The topological polar surface area (TPSA) is 72.7 Å². The summed E-state index contributed by atoms with van der Waals surface area (Å²) in [5.74, 6) is 0.511. The van der Waals surface area contributed by atoms with E-state index in [2.05, 4.69) is 36.7 Å². The van der Waals surface area contributed by atoms with Crippen LogP contribution in [0.15, 0.2) is 28.7 Å². The van der Waals surface area contributed by atoms with Crippen molar-refractivity contribution >= 4 is 21.8 Å². The van der Waals surface area contributed by atoms with E-state index in [-0.39, 0.29) is 11.9 Å². The van der Waals surface area contributed by atoms with E-state index in [1.165, 1.54) is 4.80 Å². The Labute approximate surface area is 124 Å². The van der Waals surface area contributed by atoms with Gasteiger partial charge >= 0.3 is 0 Å². The van der Waals surface area contributed by atoms with Crippen molar-refractivity contribution < 1.29 is 4.79 Å². The molecule has 3 rings (SSSR count). The van der Waals surface area contributed by atoms with Crippen LogP contribution >= 0.6 is 15.9 Å². The second kappa shape index (κ2) is 5.70. The highest BCUT2D eigenvalue weighted by Crippen LogP contribution is 2.20. The second-order valence-corrected chi connectivity index (χ2v) is 5.66. The smallest absolute Gasteiger partial charge is 0.246 e. The van der Waals surface area contributed by atoms with Gasteiger partial charge in [0.25, 0.3) is 0 Å². The van der Waals surface area contributed by atoms with Crippen LogP contribution in [0.2, 0.25) is 0 Å². The number of rotatable bonds is 2. The number of carbonyl (C=O) groups excluding carboxylic acids is 1. The number of halogens is 1. The largest absolute Gasteiger partial charge is 0.354 e. The lowest BCUT2D eigenvalue weighted by Gasteiger charge is -2.10. The highest BCUT2D eigenvalue weighted by Gasteiger charge is 2.25. The van der Waals surface area contributed by atoms with Crippen molar-refractivity contribution in [2.75, 3.05) is 6.54 Å². The van der Waals surface area contributed by atoms with Crippen LogP contribution in [0.4, 0.5) is 0 Å². The molecule has 1 N–H and O–H groups in total. The fourth-order valence-electron chi connectivity index (χ4n) is 2.22. The Morgan fingerprint density at radius 2 is 2.05 bits per heavy atom. The SMILES string of the molecule is O=C1NCCCC[C@@H]1n1nnc(-c2ccc(Br)cc2)n1. The minimum Gasteiger partial charge on any atom is -0.354 e. The summed E-state index contributed by atoms with van der Waals surface area (Å²) in [7, 11) is 0. The summed E-state index contributed by atoms with van der Waals surface area (Å²) in [4.78, 5) is 13.4. The molecule has 1 saturated heterocycles. The summed E-state index contributed by atoms with van der Waals surface area (Å²) < 4.78 is 0.997. The number of benzene rings is 1. The van der Waals surface area contributed by atoms with Gasteiger partial charge in [-0.25, -0.2) is 0 Å². The lowest BCUT2D eigenvalue weighted by Crippen LogP contribution is -2.32. The molecular formula is C13H14BrN5O. The van der Waals surface area contributed by atoms with Crippen LogP contribution in [-0.4, -0.2) is 32.7 Å². The zero-order valence-electron chi connectivity index (χ0n) is 10.8. The predicted octanol–water partition coefficient (Wildman–Crippen LogP) is 1.94. The van der Waals surface area contributed by atoms with Crippen molar-refractivity contribution in [2.45, 2.75) is 25.3 Å². The lowest BCUT2D eigenvalue weighted by molar-refractivity contribution is -0.124. The highest BCUT2D eigenvalue weighted by molar-refractivity contribution is 9.10. The summed E-state index contributed by atoms with van der Waals surface area (Å²) in [6, 6.07) is 7.33. The maximum absolute atomic E-state index is 12.0. The van der Waals surface area contributed by atoms with Gasteiger partial charge < -0.3 is 5.32 Å². The van der Waals surface area contributed by atoms with Crippen LogP contribution in [0.1, 0.15) is 25.3 Å². The first-order valence-corrected chi connectivity index (χ1v) is 7.36. The molecular weight excluding hydrogens is 322 g/mol. The molecule has 1 aromatic carbocycles. The summed E-state index contributed by atoms with van der Waals surface area (Å²) in [6.07, 6.45) is 2.73. The number of amides is 1. The second-order valence-electron chi connectivity index (χ2n) is 4.74. The highest BCUT2D eigenvalue weighted by atomic mass is 79.9. The first kappa shape index (κ1) is 13.2. The monoisotopic (exact) mass is 335 g/mol. The van der Waals surface area contributed by atoms with Gasteiger partial charge in [-0.3, -0.25) is 4.79 Å². The minimum atomic E-state index is -0.353. The first-order valence-electron chi connectivity index (χ1n) is 6.57. The van der Waals surface area contributed by atoms with Gasteiger partial charge in [-0.05, 0) is 48.7 Å². The molecule has 0 radical (unpaired) electrons. The third-order valence-electron chi connectivity index (χ3n) is 3.32. The molecule has 1 fully saturated rings. The van der Waals surface area contributed by atoms with Gasteiger partial charge in [0.15, 0.2) is 6.04 Å². The average molecular weight is 336 g/mol. The predicted molar refractivity (Wildman–Crippen MR) is 76.9 cm³/mol. The number of nitrogens with one attached hydrogen (secondary N) is 1. The van der Waals surface area contributed by atoms with Crippen molar-refractivity contribution in [3.05, 3.63) is 28.7 Å². The third kappa shape index (κ3) is 2.72. The van der Waals surface area contributed by atoms with Crippen molar-refractivity contribution in [2.24, 2.45) is 0 Å². The molecule has 2 heterocycles. The number of nitrogens with zero attached hydrogens (tertiary/aromatic N) is 4. The molecule has 1 aliphatic rings. The molecule has 1 aromatic heterocycles. The normalized spacial score (nSPS) is 19.4. The molecule has 6 nitrogen and oxygen atoms in total. The maximum atomic E-state index is 12.0. The van der Waals surface area contributed by atoms with Crippen LogP contribution in [0.25, 0.3) is 11.4 Å². The van der Waals surface area contributed by atoms with Crippen molar-refractivity contribution in [1.29, 1.82) is 0 Å². The van der Waals surface area contributed by atoms with Crippen LogP contribution in [-0.2, 0) is 4.79 Å². The number of tetrazole rings is 1. The Hall–Kier alpha value is -1.76. The molecule has 0 unspecified atom stereocenters. The fourth-order valence-corrected chi connectivity index (χ4v) is 2.48. The van der Waals surface area contributed by atoms with Gasteiger partial charge in [0.2, 0.25) is 11.7 Å². The standard InChI is InChI=1S/C13H14BrN5O/c14-10-6-4-9(5-7-10)12-16-18-19(17-12)11-3-1-2-8-15-13(11)20/h4-7,11H,1-3,8H2,(H,15,20)/t11-/m0/s1. The number of hydrogen-bond acceptors (Lipinski definition) is 4. The molecule has 104 valence electrons. The van der Waals surface area contributed by atoms with Gasteiger partial charge in [-0.1, -0.05) is 15.9 Å². The molecule has 0 bridgehead atoms. The van der Waals surface area contributed by atoms with Crippen LogP contribution < -0.4 is 5.32 Å². The Balaban J connectivity index is 1.85. The summed E-state index contributed by atoms with van der Waals surface area (Å²) in [5.41, 5.74) is 0.883. The zero-order chi connectivity index (χ0) is 13.9. The van der Waals surface area contributed by atoms with Gasteiger partial charge in [0.1, 0.15) is 0 Å². The Bertz CT molecular complexity index is 609. The maximum Gasteiger partial charge on any atom is 0.246 e. The molecule has 1 atom stereocenters. The quantitative estimate of drug-likeness (QED) is 0.910. The van der Waals surface area contributed by atoms with Gasteiger partial charge in [0.05, 0.1) is 0 Å². The molecule has 7 heteroatoms. The Morgan fingerprint density at radius 1 is 1.25 bits per heavy atom. The van der Waals surface area contributed by atoms with E-state index in [4.69, 9.17) is 0 Å². The summed E-state index contributed by atoms with van der Waals surface area (Å²) in [5, 5.41) is 15.3. The van der Waals surface area contributed by atoms with E-state index < -0.39 is 0 Å². The van der Waals surface area contributed by atoms with E-state index in [1.54, 1.807) is 0 Å². The summed E-state index contributed by atoms with van der Waals surface area (Å²) in [6.45, 7) is 0.726. The molecule has 0 saturated carbocycles. The van der Waals surface area contributed by atoms with Crippen molar-refractivity contribution in [1.82, 2.24) is 25.5 Å². The lowest BCUT2D eigenvalue weighted by atomic mass is 10.1. The molecule has 0 aliphatic carbocycles. The first-order chi connectivity index (χ1) is 9.74. The van der Waals surface area contributed by atoms with E-state index in [1.807, 2.05) is 24.3 Å². The number of aromatic nitrogens is 4. The Morgan fingerprint density at radius 3 is 2.85 bits per heavy atom. The number of hydrogen-bond donors (Lipinski definition) is 1. The van der Waals surface area contributed by atoms with Crippen LogP contribution in [0.5, 0.6) is 0 Å². The van der Waals surface area contributed by atoms with E-state index in [0.29, 0.717) is 5.82 Å². The Kier molecular flexibility index (Phi) is 3.77. The molecule has 20 heavy (non-hydrogen) atoms.